The van der Waals surface area contributed by atoms with Crippen molar-refractivity contribution < 1.29 is 23.5 Å². The number of ether oxygens (including phenoxy) is 2. The Labute approximate surface area is 278 Å². The molecule has 0 spiro atoms. The number of nitrogens with zero attached hydrogens (tertiary/aromatic N) is 7. The van der Waals surface area contributed by atoms with Gasteiger partial charge in [0.25, 0.3) is 0 Å². The van der Waals surface area contributed by atoms with E-state index >= 15 is 4.39 Å². The van der Waals surface area contributed by atoms with Gasteiger partial charge >= 0.3 is 6.09 Å². The maximum atomic E-state index is 15.4. The molecule has 4 aromatic rings. The van der Waals surface area contributed by atoms with E-state index in [1.165, 1.54) is 6.07 Å². The number of nitrogens with one attached hydrogen (secondary N) is 1. The van der Waals surface area contributed by atoms with E-state index in [-0.39, 0.29) is 30.4 Å². The highest BCUT2D eigenvalue weighted by Crippen LogP contribution is 2.39. The zero-order chi connectivity index (χ0) is 33.7. The predicted octanol–water partition coefficient (Wildman–Crippen LogP) is 5.30. The summed E-state index contributed by atoms with van der Waals surface area (Å²) in [6.45, 7) is 10.7. The van der Waals surface area contributed by atoms with Crippen molar-refractivity contribution in [2.45, 2.75) is 65.1 Å². The Balaban J connectivity index is 1.04. The summed E-state index contributed by atoms with van der Waals surface area (Å²) in [6.07, 6.45) is 5.10. The second-order valence-electron chi connectivity index (χ2n) is 13.8. The first-order valence-electron chi connectivity index (χ1n) is 16.5. The molecule has 0 unspecified atom stereocenters. The number of piperidine rings is 1. The van der Waals surface area contributed by atoms with Crippen LogP contribution in [-0.2, 0) is 22.5 Å². The number of halogens is 1. The maximum Gasteiger partial charge on any atom is 0.410 e. The number of carbonyl (C=O) groups excluding carboxylic acids is 2. The number of benzene rings is 1. The summed E-state index contributed by atoms with van der Waals surface area (Å²) in [5.41, 5.74) is 3.37. The topological polar surface area (TPSA) is 118 Å². The van der Waals surface area contributed by atoms with Crippen molar-refractivity contribution in [1.82, 2.24) is 29.5 Å². The Bertz CT molecular complexity index is 1900. The summed E-state index contributed by atoms with van der Waals surface area (Å²) in [5, 5.41) is 9.46. The molecule has 1 N–H and O–H groups in total. The number of fused-ring (bicyclic) bond motifs is 3. The van der Waals surface area contributed by atoms with Crippen LogP contribution in [0, 0.1) is 12.7 Å². The number of likely N-dealkylation sites (N-methyl/N-ethyl adjacent to an activating group) is 1. The van der Waals surface area contributed by atoms with Crippen LogP contribution in [0.2, 0.25) is 0 Å². The van der Waals surface area contributed by atoms with Crippen molar-refractivity contribution in [2.75, 3.05) is 50.1 Å². The third-order valence-corrected chi connectivity index (χ3v) is 9.31. The fraction of sp³-hybridized carbons (Fsp3) is 0.457. The lowest BCUT2D eigenvalue weighted by Crippen LogP contribution is -2.50. The highest BCUT2D eigenvalue weighted by molar-refractivity contribution is 5.90. The van der Waals surface area contributed by atoms with Crippen LogP contribution in [-0.4, -0.2) is 93.0 Å². The van der Waals surface area contributed by atoms with Gasteiger partial charge in [-0.1, -0.05) is 0 Å². The summed E-state index contributed by atoms with van der Waals surface area (Å²) in [6, 6.07) is 7.22. The summed E-state index contributed by atoms with van der Waals surface area (Å²) in [7, 11) is 1.99. The van der Waals surface area contributed by atoms with E-state index in [9.17, 15) is 9.59 Å². The molecule has 2 amide bonds. The van der Waals surface area contributed by atoms with Gasteiger partial charge in [-0.25, -0.2) is 19.2 Å². The van der Waals surface area contributed by atoms with Crippen molar-refractivity contribution in [3.05, 3.63) is 53.7 Å². The molecule has 0 atom stereocenters. The molecule has 252 valence electrons. The van der Waals surface area contributed by atoms with Crippen molar-refractivity contribution in [3.8, 4) is 17.0 Å². The Hall–Kier alpha value is -4.94. The highest BCUT2D eigenvalue weighted by atomic mass is 19.1. The summed E-state index contributed by atoms with van der Waals surface area (Å²) in [5.74, 6) is 1.38. The van der Waals surface area contributed by atoms with E-state index in [1.54, 1.807) is 22.0 Å². The van der Waals surface area contributed by atoms with Crippen LogP contribution >= 0.6 is 0 Å². The number of aromatic nitrogens is 4. The average Bonchev–Trinajstić information content (AvgIpc) is 3.33. The van der Waals surface area contributed by atoms with Gasteiger partial charge in [0.05, 0.1) is 6.54 Å². The first-order valence-corrected chi connectivity index (χ1v) is 16.5. The number of rotatable bonds is 4. The third-order valence-electron chi connectivity index (χ3n) is 9.31. The number of anilines is 3. The van der Waals surface area contributed by atoms with Gasteiger partial charge < -0.3 is 29.5 Å². The van der Waals surface area contributed by atoms with Gasteiger partial charge in [0.1, 0.15) is 36.1 Å². The smallest absolute Gasteiger partial charge is 0.410 e. The summed E-state index contributed by atoms with van der Waals surface area (Å²) < 4.78 is 28.4. The second kappa shape index (κ2) is 12.3. The number of hydrogen-bond donors (Lipinski definition) is 1. The van der Waals surface area contributed by atoms with Gasteiger partial charge in [0.15, 0.2) is 5.82 Å². The third kappa shape index (κ3) is 6.20. The van der Waals surface area contributed by atoms with Crippen LogP contribution in [0.4, 0.5) is 26.5 Å². The van der Waals surface area contributed by atoms with Gasteiger partial charge in [0.2, 0.25) is 11.8 Å². The molecule has 7 rings (SSSR count). The highest BCUT2D eigenvalue weighted by Gasteiger charge is 2.33. The maximum absolute atomic E-state index is 15.4. The predicted molar refractivity (Wildman–Crippen MR) is 180 cm³/mol. The van der Waals surface area contributed by atoms with E-state index in [0.717, 1.165) is 28.9 Å². The molecule has 3 aromatic heterocycles. The number of likely N-dealkylation sites (tertiary alicyclic amines) is 1. The molecule has 3 aliphatic rings. The van der Waals surface area contributed by atoms with Gasteiger partial charge in [-0.05, 0) is 69.7 Å². The first kappa shape index (κ1) is 31.6. The SMILES string of the molecule is Cc1c(-c2cc3cc(Nc4cc5n(n4)CC(=O)N(C4CCN(C(=O)OC(C)(C)C)CC4)CC5)ncc3cc2F)cnc2c1N(C)CCO2. The molecule has 48 heavy (non-hydrogen) atoms. The van der Waals surface area contributed by atoms with Crippen molar-refractivity contribution in [1.29, 1.82) is 0 Å². The normalized spacial score (nSPS) is 17.1. The molecule has 13 heteroatoms. The second-order valence-corrected chi connectivity index (χ2v) is 13.8. The van der Waals surface area contributed by atoms with Crippen LogP contribution in [0.3, 0.4) is 0 Å². The lowest BCUT2D eigenvalue weighted by atomic mass is 9.98. The number of amides is 2. The lowest BCUT2D eigenvalue weighted by molar-refractivity contribution is -0.134. The van der Waals surface area contributed by atoms with E-state index in [4.69, 9.17) is 9.47 Å². The molecular formula is C35H41FN8O4. The van der Waals surface area contributed by atoms with E-state index < -0.39 is 5.60 Å². The molecule has 1 saturated heterocycles. The number of pyridine rings is 2. The zero-order valence-corrected chi connectivity index (χ0v) is 28.0. The summed E-state index contributed by atoms with van der Waals surface area (Å²) >= 11 is 0. The van der Waals surface area contributed by atoms with Crippen molar-refractivity contribution >= 4 is 40.1 Å². The fourth-order valence-corrected chi connectivity index (χ4v) is 6.86. The van der Waals surface area contributed by atoms with Gasteiger partial charge in [0, 0.05) is 79.8 Å². The Morgan fingerprint density at radius 3 is 2.56 bits per heavy atom. The summed E-state index contributed by atoms with van der Waals surface area (Å²) in [4.78, 5) is 40.6. The van der Waals surface area contributed by atoms with Gasteiger partial charge in [-0.3, -0.25) is 9.48 Å². The Morgan fingerprint density at radius 2 is 1.79 bits per heavy atom. The van der Waals surface area contributed by atoms with Crippen LogP contribution < -0.4 is 15.0 Å². The Morgan fingerprint density at radius 1 is 1.00 bits per heavy atom. The van der Waals surface area contributed by atoms with Crippen molar-refractivity contribution in [3.63, 3.8) is 0 Å². The van der Waals surface area contributed by atoms with Crippen molar-refractivity contribution in [2.24, 2.45) is 0 Å². The average molecular weight is 657 g/mol. The number of carbonyl (C=O) groups is 2. The minimum absolute atomic E-state index is 0.0159. The van der Waals surface area contributed by atoms with Crippen LogP contribution in [0.1, 0.15) is 44.9 Å². The van der Waals surface area contributed by atoms with E-state index in [2.05, 4.69) is 25.3 Å². The molecule has 3 aliphatic heterocycles. The molecule has 6 heterocycles. The van der Waals surface area contributed by atoms with Gasteiger partial charge in [-0.2, -0.15) is 5.10 Å². The molecule has 0 bridgehead atoms. The van der Waals surface area contributed by atoms with Crippen LogP contribution in [0.5, 0.6) is 5.88 Å². The molecule has 0 aliphatic carbocycles. The van der Waals surface area contributed by atoms with E-state index in [0.29, 0.717) is 79.5 Å². The first-order chi connectivity index (χ1) is 22.9. The minimum atomic E-state index is -0.538. The molecule has 0 saturated carbocycles. The Kier molecular flexibility index (Phi) is 8.08. The fourth-order valence-electron chi connectivity index (χ4n) is 6.86. The minimum Gasteiger partial charge on any atom is -0.474 e. The molecule has 12 nitrogen and oxygen atoms in total. The molecule has 1 fully saturated rings. The van der Waals surface area contributed by atoms with Gasteiger partial charge in [-0.15, -0.1) is 0 Å². The monoisotopic (exact) mass is 656 g/mol. The van der Waals surface area contributed by atoms with E-state index in [1.807, 2.05) is 57.8 Å². The van der Waals surface area contributed by atoms with Crippen LogP contribution in [0.25, 0.3) is 21.9 Å². The molecule has 0 radical (unpaired) electrons. The number of hydrogen-bond acceptors (Lipinski definition) is 9. The standard InChI is InChI=1S/C35H41FN8O4/c1-21-27(19-38-33-32(21)41(5)12-13-47-33)26-14-22-16-29(37-18-23(22)15-28(26)36)39-30-17-25-8-11-43(31(45)20-44(25)40-30)24-6-9-42(10-7-24)34(46)48-35(2,3)4/h14-19,24H,6-13,20H2,1-5H3,(H,37,39,40). The molecular weight excluding hydrogens is 615 g/mol. The zero-order valence-electron chi connectivity index (χ0n) is 28.0. The largest absolute Gasteiger partial charge is 0.474 e. The quantitative estimate of drug-likeness (QED) is 0.312. The lowest BCUT2D eigenvalue weighted by Gasteiger charge is -2.38. The van der Waals surface area contributed by atoms with Crippen LogP contribution in [0.15, 0.2) is 36.7 Å². The molecule has 1 aromatic carbocycles.